The minimum Gasteiger partial charge on any atom is -0.491 e. The number of halogens is 1. The van der Waals surface area contributed by atoms with E-state index in [4.69, 9.17) is 4.74 Å². The Morgan fingerprint density at radius 1 is 1.23 bits per heavy atom. The number of ether oxygens (including phenoxy) is 1. The predicted octanol–water partition coefficient (Wildman–Crippen LogP) is 3.62. The number of likely N-dealkylation sites (tertiary alicyclic amines) is 1. The second-order valence-corrected chi connectivity index (χ2v) is 8.28. The highest BCUT2D eigenvalue weighted by molar-refractivity contribution is 5.94. The first-order chi connectivity index (χ1) is 14.3. The van der Waals surface area contributed by atoms with Gasteiger partial charge in [-0.2, -0.15) is 0 Å². The van der Waals surface area contributed by atoms with E-state index in [-0.39, 0.29) is 18.6 Å². The van der Waals surface area contributed by atoms with E-state index in [0.29, 0.717) is 18.0 Å². The summed E-state index contributed by atoms with van der Waals surface area (Å²) in [5.74, 6) is 0.561. The fourth-order valence-corrected chi connectivity index (χ4v) is 3.86. The van der Waals surface area contributed by atoms with E-state index in [9.17, 15) is 14.3 Å². The van der Waals surface area contributed by atoms with Crippen molar-refractivity contribution in [3.05, 3.63) is 64.5 Å². The molecule has 5 nitrogen and oxygen atoms in total. The minimum atomic E-state index is -0.497. The molecule has 1 saturated heterocycles. The second-order valence-electron chi connectivity index (χ2n) is 8.28. The molecular formula is C24H31FN2O3. The molecule has 2 aromatic rings. The van der Waals surface area contributed by atoms with Gasteiger partial charge in [-0.05, 0) is 68.7 Å². The highest BCUT2D eigenvalue weighted by atomic mass is 19.1. The monoisotopic (exact) mass is 414 g/mol. The zero-order chi connectivity index (χ0) is 21.8. The lowest BCUT2D eigenvalue weighted by Crippen LogP contribution is -2.52. The van der Waals surface area contributed by atoms with Gasteiger partial charge in [-0.1, -0.05) is 12.1 Å². The van der Waals surface area contributed by atoms with Crippen LogP contribution in [0.4, 0.5) is 4.39 Å². The van der Waals surface area contributed by atoms with Gasteiger partial charge in [0.1, 0.15) is 18.2 Å². The summed E-state index contributed by atoms with van der Waals surface area (Å²) in [6, 6.07) is 10.1. The predicted molar refractivity (Wildman–Crippen MR) is 115 cm³/mol. The van der Waals surface area contributed by atoms with Crippen molar-refractivity contribution in [3.63, 3.8) is 0 Å². The van der Waals surface area contributed by atoms with Crippen LogP contribution < -0.4 is 10.1 Å². The third-order valence-corrected chi connectivity index (χ3v) is 5.88. The van der Waals surface area contributed by atoms with Gasteiger partial charge >= 0.3 is 0 Å². The average Bonchev–Trinajstić information content (AvgIpc) is 2.67. The van der Waals surface area contributed by atoms with E-state index >= 15 is 0 Å². The molecule has 1 unspecified atom stereocenters. The average molecular weight is 415 g/mol. The number of aliphatic hydroxyl groups excluding tert-OH is 1. The Hall–Kier alpha value is -2.44. The smallest absolute Gasteiger partial charge is 0.251 e. The summed E-state index contributed by atoms with van der Waals surface area (Å²) in [5, 5.41) is 12.3. The Labute approximate surface area is 177 Å². The van der Waals surface area contributed by atoms with Gasteiger partial charge in [0.25, 0.3) is 5.91 Å². The largest absolute Gasteiger partial charge is 0.491 e. The van der Waals surface area contributed by atoms with Gasteiger partial charge in [0.05, 0.1) is 6.10 Å². The molecular weight excluding hydrogens is 383 g/mol. The summed E-state index contributed by atoms with van der Waals surface area (Å²) in [6.45, 7) is 10.7. The fraction of sp³-hybridized carbons (Fsp3) is 0.458. The van der Waals surface area contributed by atoms with Crippen LogP contribution in [0.15, 0.2) is 36.4 Å². The lowest BCUT2D eigenvalue weighted by molar-refractivity contribution is 0.0569. The van der Waals surface area contributed by atoms with Crippen molar-refractivity contribution in [2.75, 3.05) is 26.2 Å². The second kappa shape index (κ2) is 9.58. The number of rotatable bonds is 8. The molecule has 0 aliphatic carbocycles. The van der Waals surface area contributed by atoms with E-state index in [0.717, 1.165) is 24.4 Å². The van der Waals surface area contributed by atoms with Crippen molar-refractivity contribution in [2.24, 2.45) is 5.92 Å². The molecule has 1 aliphatic heterocycles. The summed E-state index contributed by atoms with van der Waals surface area (Å²) in [4.78, 5) is 14.6. The maximum Gasteiger partial charge on any atom is 0.251 e. The van der Waals surface area contributed by atoms with Crippen molar-refractivity contribution in [1.29, 1.82) is 0 Å². The van der Waals surface area contributed by atoms with Gasteiger partial charge in [-0.15, -0.1) is 0 Å². The number of nitrogens with zero attached hydrogens (tertiary/aromatic N) is 1. The number of hydrogen-bond donors (Lipinski definition) is 2. The molecule has 1 heterocycles. The van der Waals surface area contributed by atoms with Crippen molar-refractivity contribution < 1.29 is 19.0 Å². The third-order valence-electron chi connectivity index (χ3n) is 5.88. The molecule has 1 amide bonds. The van der Waals surface area contributed by atoms with Gasteiger partial charge < -0.3 is 15.2 Å². The van der Waals surface area contributed by atoms with Crippen LogP contribution in [0.2, 0.25) is 0 Å². The highest BCUT2D eigenvalue weighted by Crippen LogP contribution is 2.34. The van der Waals surface area contributed by atoms with Crippen molar-refractivity contribution in [2.45, 2.75) is 39.8 Å². The van der Waals surface area contributed by atoms with Crippen molar-refractivity contribution in [3.8, 4) is 5.75 Å². The molecule has 2 atom stereocenters. The number of amides is 1. The summed E-state index contributed by atoms with van der Waals surface area (Å²) in [5.41, 5.74) is 3.91. The first-order valence-corrected chi connectivity index (χ1v) is 10.4. The van der Waals surface area contributed by atoms with E-state index in [2.05, 4.69) is 30.1 Å². The van der Waals surface area contributed by atoms with Crippen LogP contribution >= 0.6 is 0 Å². The fourth-order valence-electron chi connectivity index (χ4n) is 3.86. The van der Waals surface area contributed by atoms with E-state index < -0.39 is 11.9 Å². The van der Waals surface area contributed by atoms with E-state index in [1.54, 1.807) is 19.1 Å². The van der Waals surface area contributed by atoms with Crippen LogP contribution in [0.3, 0.4) is 0 Å². The summed E-state index contributed by atoms with van der Waals surface area (Å²) < 4.78 is 19.0. The molecule has 30 heavy (non-hydrogen) atoms. The van der Waals surface area contributed by atoms with E-state index in [1.165, 1.54) is 23.3 Å². The van der Waals surface area contributed by atoms with Crippen molar-refractivity contribution >= 4 is 5.91 Å². The normalized spacial score (nSPS) is 16.6. The Bertz CT molecular complexity index is 894. The Morgan fingerprint density at radius 3 is 2.63 bits per heavy atom. The van der Waals surface area contributed by atoms with Gasteiger partial charge in [-0.25, -0.2) is 4.39 Å². The molecule has 6 heteroatoms. The number of aliphatic hydroxyl groups is 1. The van der Waals surface area contributed by atoms with Gasteiger partial charge in [0.2, 0.25) is 0 Å². The molecule has 2 N–H and O–H groups in total. The molecule has 0 spiro atoms. The molecule has 2 aromatic carbocycles. The molecule has 0 bridgehead atoms. The zero-order valence-corrected chi connectivity index (χ0v) is 18.1. The molecule has 0 aromatic heterocycles. The number of hydrogen-bond acceptors (Lipinski definition) is 4. The SMILES string of the molecule is Cc1c(OC[C@@H](C)O)ccc(C(C)N2CC(CNC(=O)c3cccc(F)c3)C2)c1C. The molecule has 1 aliphatic rings. The van der Waals surface area contributed by atoms with E-state index in [1.807, 2.05) is 13.0 Å². The number of carbonyl (C=O) groups is 1. The summed E-state index contributed by atoms with van der Waals surface area (Å²) in [6.07, 6.45) is -0.497. The maximum absolute atomic E-state index is 13.3. The van der Waals surface area contributed by atoms with Gasteiger partial charge in [0.15, 0.2) is 0 Å². The maximum atomic E-state index is 13.3. The van der Waals surface area contributed by atoms with Crippen LogP contribution in [-0.2, 0) is 0 Å². The lowest BCUT2D eigenvalue weighted by Gasteiger charge is -2.44. The van der Waals surface area contributed by atoms with Gasteiger partial charge in [0, 0.05) is 37.2 Å². The summed E-state index contributed by atoms with van der Waals surface area (Å²) >= 11 is 0. The Kier molecular flexibility index (Phi) is 7.10. The van der Waals surface area contributed by atoms with Crippen LogP contribution in [0, 0.1) is 25.6 Å². The zero-order valence-electron chi connectivity index (χ0n) is 18.1. The number of carbonyl (C=O) groups excluding carboxylic acids is 1. The minimum absolute atomic E-state index is 0.236. The van der Waals surface area contributed by atoms with Crippen LogP contribution in [0.1, 0.15) is 46.9 Å². The molecule has 3 rings (SSSR count). The van der Waals surface area contributed by atoms with Crippen molar-refractivity contribution in [1.82, 2.24) is 10.2 Å². The first kappa shape index (κ1) is 22.2. The number of benzene rings is 2. The van der Waals surface area contributed by atoms with Crippen LogP contribution in [-0.4, -0.2) is 48.3 Å². The van der Waals surface area contributed by atoms with Crippen LogP contribution in [0.25, 0.3) is 0 Å². The molecule has 0 saturated carbocycles. The Balaban J connectivity index is 1.52. The highest BCUT2D eigenvalue weighted by Gasteiger charge is 2.32. The molecule has 162 valence electrons. The van der Waals surface area contributed by atoms with Gasteiger partial charge in [-0.3, -0.25) is 9.69 Å². The Morgan fingerprint density at radius 2 is 1.97 bits per heavy atom. The summed E-state index contributed by atoms with van der Waals surface area (Å²) in [7, 11) is 0. The molecule has 1 fully saturated rings. The quantitative estimate of drug-likeness (QED) is 0.693. The van der Waals surface area contributed by atoms with Crippen LogP contribution in [0.5, 0.6) is 5.75 Å². The topological polar surface area (TPSA) is 61.8 Å². The first-order valence-electron chi connectivity index (χ1n) is 10.4. The number of nitrogens with one attached hydrogen (secondary N) is 1. The molecule has 0 radical (unpaired) electrons. The lowest BCUT2D eigenvalue weighted by atomic mass is 9.91. The standard InChI is InChI=1S/C24H31FN2O3/c1-15(28)14-30-23-9-8-22(16(2)17(23)3)18(4)27-12-19(13-27)11-26-24(29)20-6-5-7-21(25)10-20/h5-10,15,18-19,28H,11-14H2,1-4H3,(H,26,29)/t15-,18?/m1/s1. The third kappa shape index (κ3) is 5.18.